The lowest BCUT2D eigenvalue weighted by atomic mass is 10.1. The number of phenols is 1. The highest BCUT2D eigenvalue weighted by molar-refractivity contribution is 7.13. The van der Waals surface area contributed by atoms with Gasteiger partial charge >= 0.3 is 0 Å². The van der Waals surface area contributed by atoms with Gasteiger partial charge in [0.05, 0.1) is 5.02 Å². The molecule has 8 heteroatoms. The van der Waals surface area contributed by atoms with Crippen molar-refractivity contribution in [2.75, 3.05) is 6.54 Å². The first-order valence-corrected chi connectivity index (χ1v) is 8.87. The van der Waals surface area contributed by atoms with Gasteiger partial charge in [0.15, 0.2) is 0 Å². The lowest BCUT2D eigenvalue weighted by Gasteiger charge is -2.07. The lowest BCUT2D eigenvalue weighted by molar-refractivity contribution is 0.0949. The van der Waals surface area contributed by atoms with Crippen LogP contribution >= 0.6 is 22.9 Å². The Morgan fingerprint density at radius 1 is 1.23 bits per heavy atom. The quantitative estimate of drug-likeness (QED) is 0.673. The van der Waals surface area contributed by atoms with E-state index in [1.165, 1.54) is 11.3 Å². The molecule has 1 aromatic heterocycles. The number of aromatic hydroxyl groups is 1. The molecule has 0 spiro atoms. The van der Waals surface area contributed by atoms with Gasteiger partial charge in [0, 0.05) is 35.2 Å². The number of aromatic nitrogens is 1. The number of phenolic OH excluding ortho intramolecular Hbond substituents is 1. The zero-order valence-electron chi connectivity index (χ0n) is 13.3. The third-order valence-electron chi connectivity index (χ3n) is 3.63. The highest BCUT2D eigenvalue weighted by atomic mass is 35.5. The van der Waals surface area contributed by atoms with E-state index >= 15 is 0 Å². The second-order valence-electron chi connectivity index (χ2n) is 5.41. The minimum atomic E-state index is -0.855. The van der Waals surface area contributed by atoms with Crippen molar-refractivity contribution >= 4 is 28.8 Å². The summed E-state index contributed by atoms with van der Waals surface area (Å²) in [5.41, 5.74) is 0.737. The fourth-order valence-corrected chi connectivity index (χ4v) is 3.48. The van der Waals surface area contributed by atoms with Gasteiger partial charge in [-0.3, -0.25) is 4.79 Å². The van der Waals surface area contributed by atoms with Crippen LogP contribution in [-0.2, 0) is 6.42 Å². The topological polar surface area (TPSA) is 62.2 Å². The molecule has 2 aromatic carbocycles. The Hall–Kier alpha value is -2.51. The predicted molar refractivity (Wildman–Crippen MR) is 96.6 cm³/mol. The summed E-state index contributed by atoms with van der Waals surface area (Å²) in [4.78, 5) is 16.4. The molecular weight excluding hydrogens is 382 g/mol. The standard InChI is InChI=1S/C18H13ClF2N2O2S/c19-13-4-2-1-3-11(13)18-23-16(9-26-18)17(25)22-6-5-12-14(20)7-10(24)8-15(12)21/h1-4,7-9,24H,5-6H2,(H,22,25). The second-order valence-corrected chi connectivity index (χ2v) is 6.68. The van der Waals surface area contributed by atoms with Gasteiger partial charge in [-0.25, -0.2) is 13.8 Å². The summed E-state index contributed by atoms with van der Waals surface area (Å²) in [5, 5.41) is 14.4. The second kappa shape index (κ2) is 7.80. The summed E-state index contributed by atoms with van der Waals surface area (Å²) in [6.07, 6.45) is -0.0504. The van der Waals surface area contributed by atoms with E-state index in [2.05, 4.69) is 10.3 Å². The Bertz CT molecular complexity index is 939. The molecule has 0 aliphatic rings. The van der Waals surface area contributed by atoms with Gasteiger partial charge in [-0.15, -0.1) is 11.3 Å². The zero-order chi connectivity index (χ0) is 18.7. The monoisotopic (exact) mass is 394 g/mol. The SMILES string of the molecule is O=C(NCCc1c(F)cc(O)cc1F)c1csc(-c2ccccc2Cl)n1. The Labute approximate surface area is 157 Å². The maximum atomic E-state index is 13.7. The van der Waals surface area contributed by atoms with Gasteiger partial charge in [-0.1, -0.05) is 29.8 Å². The molecular formula is C18H13ClF2N2O2S. The first kappa shape index (κ1) is 18.3. The molecule has 3 rings (SSSR count). The average molecular weight is 395 g/mol. The maximum Gasteiger partial charge on any atom is 0.270 e. The van der Waals surface area contributed by atoms with Crippen molar-refractivity contribution in [2.24, 2.45) is 0 Å². The Morgan fingerprint density at radius 3 is 2.62 bits per heavy atom. The van der Waals surface area contributed by atoms with E-state index < -0.39 is 23.3 Å². The molecule has 0 fully saturated rings. The van der Waals surface area contributed by atoms with E-state index in [9.17, 15) is 13.6 Å². The third-order valence-corrected chi connectivity index (χ3v) is 4.83. The summed E-state index contributed by atoms with van der Waals surface area (Å²) in [5.74, 6) is -2.64. The van der Waals surface area contributed by atoms with Crippen molar-refractivity contribution in [3.05, 3.63) is 69.7 Å². The molecule has 1 heterocycles. The van der Waals surface area contributed by atoms with Crippen molar-refractivity contribution < 1.29 is 18.7 Å². The van der Waals surface area contributed by atoms with Crippen molar-refractivity contribution in [1.82, 2.24) is 10.3 Å². The van der Waals surface area contributed by atoms with Crippen molar-refractivity contribution in [2.45, 2.75) is 6.42 Å². The van der Waals surface area contributed by atoms with E-state index in [1.807, 2.05) is 6.07 Å². The van der Waals surface area contributed by atoms with Gasteiger partial charge in [-0.05, 0) is 12.5 Å². The molecule has 0 aliphatic carbocycles. The number of hydrogen-bond acceptors (Lipinski definition) is 4. The summed E-state index contributed by atoms with van der Waals surface area (Å²) in [7, 11) is 0. The Morgan fingerprint density at radius 2 is 1.92 bits per heavy atom. The molecule has 4 nitrogen and oxygen atoms in total. The van der Waals surface area contributed by atoms with Gasteiger partial charge < -0.3 is 10.4 Å². The molecule has 26 heavy (non-hydrogen) atoms. The van der Waals surface area contributed by atoms with Crippen LogP contribution in [0.1, 0.15) is 16.1 Å². The number of thiazole rings is 1. The Balaban J connectivity index is 1.64. The minimum absolute atomic E-state index is 0.0242. The smallest absolute Gasteiger partial charge is 0.270 e. The molecule has 134 valence electrons. The number of nitrogens with zero attached hydrogens (tertiary/aromatic N) is 1. The molecule has 0 saturated carbocycles. The van der Waals surface area contributed by atoms with Crippen LogP contribution in [0, 0.1) is 11.6 Å². The predicted octanol–water partition coefficient (Wildman–Crippen LogP) is 4.42. The van der Waals surface area contributed by atoms with Gasteiger partial charge in [0.1, 0.15) is 28.1 Å². The summed E-state index contributed by atoms with van der Waals surface area (Å²) in [6, 6.07) is 8.82. The highest BCUT2D eigenvalue weighted by Crippen LogP contribution is 2.30. The molecule has 0 radical (unpaired) electrons. The summed E-state index contributed by atoms with van der Waals surface area (Å²) < 4.78 is 27.3. The van der Waals surface area contributed by atoms with Gasteiger partial charge in [0.2, 0.25) is 0 Å². The number of carbonyl (C=O) groups excluding carboxylic acids is 1. The summed E-state index contributed by atoms with van der Waals surface area (Å²) in [6.45, 7) is 0.0242. The molecule has 0 aliphatic heterocycles. The van der Waals surface area contributed by atoms with Crippen LogP contribution in [0.2, 0.25) is 5.02 Å². The number of halogens is 3. The molecule has 0 bridgehead atoms. The first-order chi connectivity index (χ1) is 12.5. The minimum Gasteiger partial charge on any atom is -0.508 e. The number of rotatable bonds is 5. The molecule has 0 atom stereocenters. The maximum absolute atomic E-state index is 13.7. The van der Waals surface area contributed by atoms with Crippen LogP contribution in [0.3, 0.4) is 0 Å². The number of benzene rings is 2. The molecule has 0 unspecified atom stereocenters. The zero-order valence-corrected chi connectivity index (χ0v) is 14.9. The van der Waals surface area contributed by atoms with Gasteiger partial charge in [-0.2, -0.15) is 0 Å². The van der Waals surface area contributed by atoms with E-state index in [0.29, 0.717) is 10.0 Å². The number of hydrogen-bond donors (Lipinski definition) is 2. The fraction of sp³-hybridized carbons (Fsp3) is 0.111. The molecule has 2 N–H and O–H groups in total. The van der Waals surface area contributed by atoms with E-state index in [-0.39, 0.29) is 24.2 Å². The first-order valence-electron chi connectivity index (χ1n) is 7.61. The van der Waals surface area contributed by atoms with Crippen LogP contribution in [0.5, 0.6) is 5.75 Å². The van der Waals surface area contributed by atoms with Crippen LogP contribution in [0.15, 0.2) is 41.8 Å². The van der Waals surface area contributed by atoms with Crippen molar-refractivity contribution in [3.8, 4) is 16.3 Å². The normalized spacial score (nSPS) is 10.7. The summed E-state index contributed by atoms with van der Waals surface area (Å²) >= 11 is 7.39. The third kappa shape index (κ3) is 4.00. The number of amides is 1. The van der Waals surface area contributed by atoms with Crippen molar-refractivity contribution in [3.63, 3.8) is 0 Å². The Kier molecular flexibility index (Phi) is 5.49. The lowest BCUT2D eigenvalue weighted by Crippen LogP contribution is -2.26. The van der Waals surface area contributed by atoms with E-state index in [1.54, 1.807) is 23.6 Å². The van der Waals surface area contributed by atoms with E-state index in [4.69, 9.17) is 16.7 Å². The molecule has 3 aromatic rings. The fourth-order valence-electron chi connectivity index (χ4n) is 2.36. The molecule has 1 amide bonds. The van der Waals surface area contributed by atoms with Crippen LogP contribution < -0.4 is 5.32 Å². The highest BCUT2D eigenvalue weighted by Gasteiger charge is 2.15. The average Bonchev–Trinajstić information content (AvgIpc) is 3.07. The number of carbonyl (C=O) groups is 1. The van der Waals surface area contributed by atoms with Crippen LogP contribution in [-0.4, -0.2) is 22.5 Å². The molecule has 0 saturated heterocycles. The van der Waals surface area contributed by atoms with Crippen LogP contribution in [0.25, 0.3) is 10.6 Å². The van der Waals surface area contributed by atoms with Gasteiger partial charge in [0.25, 0.3) is 5.91 Å². The van der Waals surface area contributed by atoms with E-state index in [0.717, 1.165) is 17.7 Å². The van der Waals surface area contributed by atoms with Crippen LogP contribution in [0.4, 0.5) is 8.78 Å². The largest absolute Gasteiger partial charge is 0.508 e. The number of nitrogens with one attached hydrogen (secondary N) is 1. The van der Waals surface area contributed by atoms with Crippen molar-refractivity contribution in [1.29, 1.82) is 0 Å².